The Bertz CT molecular complexity index is 3160. The molecule has 6 heterocycles. The maximum absolute atomic E-state index is 13.4. The van der Waals surface area contributed by atoms with Crippen molar-refractivity contribution in [3.63, 3.8) is 0 Å². The van der Waals surface area contributed by atoms with Crippen LogP contribution in [0.3, 0.4) is 0 Å². The zero-order valence-electron chi connectivity index (χ0n) is 46.7. The molecule has 1 aliphatic rings. The van der Waals surface area contributed by atoms with Crippen LogP contribution in [-0.2, 0) is 48.2 Å². The van der Waals surface area contributed by atoms with E-state index in [4.69, 9.17) is 33.4 Å². The average Bonchev–Trinajstić information content (AvgIpc) is 3.56. The fourth-order valence-electron chi connectivity index (χ4n) is 8.31. The number of ether oxygens (including phenoxy) is 6. The SMILES string of the molecule is CC(C)(C)CC[C@H](NC(=O)c1ccc(Oc2cccc(OCC(=O)NCCOCCOCCOCCOCc3cn(CCCCC(=O)c4ncc(-c5ccc6c(n5)N(Cc5cccnc5C#N)C(C)(C)C6=O)cn4)nn3)c2)nc1)C(=O)O. The van der Waals surface area contributed by atoms with Crippen LogP contribution in [0.25, 0.3) is 11.3 Å². The number of pyridine rings is 3. The van der Waals surface area contributed by atoms with Gasteiger partial charge in [-0.3, -0.25) is 23.9 Å². The van der Waals surface area contributed by atoms with Gasteiger partial charge in [0.15, 0.2) is 24.0 Å². The number of amides is 2. The van der Waals surface area contributed by atoms with Crippen LogP contribution in [0, 0.1) is 16.7 Å². The van der Waals surface area contributed by atoms with Crippen LogP contribution >= 0.6 is 0 Å². The first-order chi connectivity index (χ1) is 39.5. The molecule has 0 radical (unpaired) electrons. The molecule has 0 bridgehead atoms. The van der Waals surface area contributed by atoms with Crippen LogP contribution in [0.4, 0.5) is 5.82 Å². The minimum Gasteiger partial charge on any atom is -0.484 e. The number of carboxylic acid groups (broad SMARTS) is 1. The number of carboxylic acids is 1. The summed E-state index contributed by atoms with van der Waals surface area (Å²) in [6.45, 7) is 13.3. The first-order valence-electron chi connectivity index (χ1n) is 26.9. The van der Waals surface area contributed by atoms with Gasteiger partial charge in [0.1, 0.15) is 40.8 Å². The molecule has 3 N–H and O–H groups in total. The van der Waals surface area contributed by atoms with Gasteiger partial charge in [0.05, 0.1) is 81.4 Å². The van der Waals surface area contributed by atoms with Crippen LogP contribution in [0.5, 0.6) is 17.4 Å². The molecule has 0 saturated carbocycles. The third kappa shape index (κ3) is 18.2. The Morgan fingerprint density at radius 2 is 1.57 bits per heavy atom. The molecule has 24 nitrogen and oxygen atoms in total. The topological polar surface area (TPSA) is 307 Å². The van der Waals surface area contributed by atoms with Crippen LogP contribution < -0.4 is 25.0 Å². The fraction of sp³-hybridized carbons (Fsp3) is 0.431. The molecule has 82 heavy (non-hydrogen) atoms. The van der Waals surface area contributed by atoms with E-state index in [0.717, 1.165) is 0 Å². The maximum Gasteiger partial charge on any atom is 0.326 e. The molecule has 6 aromatic rings. The Morgan fingerprint density at radius 3 is 2.28 bits per heavy atom. The molecule has 24 heteroatoms. The van der Waals surface area contributed by atoms with Crippen molar-refractivity contribution in [1.29, 1.82) is 5.26 Å². The molecule has 0 fully saturated rings. The lowest BCUT2D eigenvalue weighted by molar-refractivity contribution is -0.139. The lowest BCUT2D eigenvalue weighted by atomic mass is 9.88. The minimum absolute atomic E-state index is 0.0749. The number of aryl methyl sites for hydroxylation is 1. The first-order valence-corrected chi connectivity index (χ1v) is 26.9. The van der Waals surface area contributed by atoms with E-state index >= 15 is 0 Å². The highest BCUT2D eigenvalue weighted by molar-refractivity contribution is 6.13. The minimum atomic E-state index is -1.10. The predicted octanol–water partition coefficient (Wildman–Crippen LogP) is 6.39. The molecule has 432 valence electrons. The van der Waals surface area contributed by atoms with Gasteiger partial charge in [0.2, 0.25) is 5.88 Å². The Kier molecular flexibility index (Phi) is 22.1. The summed E-state index contributed by atoms with van der Waals surface area (Å²) >= 11 is 0. The Labute approximate surface area is 474 Å². The van der Waals surface area contributed by atoms with E-state index in [1.165, 1.54) is 18.3 Å². The second-order valence-corrected chi connectivity index (χ2v) is 20.8. The number of hydrogen-bond donors (Lipinski definition) is 3. The lowest BCUT2D eigenvalue weighted by Crippen LogP contribution is -2.44. The number of fused-ring (bicyclic) bond motifs is 1. The standard InChI is InChI=1S/C58H68N12O12/c1-57(2,3)19-18-47(56(75)76)66-55(74)39-14-17-51(62-32-39)82-44-12-8-11-43(30-44)81-38-50(72)61-21-23-77-24-25-78-26-27-79-28-29-80-37-42-36-69(68-67-42)22-7-6-13-49(71)53-63-33-41(34-64-53)46-16-15-45-52(73)58(4,5)70(54(45)65-46)35-40-10-9-20-60-48(40)31-59/h8-12,14-17,20,30,32-34,36,47H,6-7,13,18-19,21-29,35,37-38H2,1-5H3,(H,61,72)(H,66,74)(H,75,76)/t47-/m0/s1. The summed E-state index contributed by atoms with van der Waals surface area (Å²) in [6.07, 6.45) is 10.2. The van der Waals surface area contributed by atoms with Crippen molar-refractivity contribution in [3.05, 3.63) is 126 Å². The monoisotopic (exact) mass is 1120 g/mol. The second kappa shape index (κ2) is 29.7. The van der Waals surface area contributed by atoms with Crippen molar-refractivity contribution in [1.82, 2.24) is 50.5 Å². The third-order valence-corrected chi connectivity index (χ3v) is 12.9. The summed E-state index contributed by atoms with van der Waals surface area (Å²) in [5.74, 6) is -0.664. The molecule has 0 aliphatic carbocycles. The van der Waals surface area contributed by atoms with E-state index in [2.05, 4.69) is 47.0 Å². The van der Waals surface area contributed by atoms with Gasteiger partial charge in [-0.1, -0.05) is 38.1 Å². The molecule has 7 rings (SSSR count). The summed E-state index contributed by atoms with van der Waals surface area (Å²) in [4.78, 5) is 86.8. The molecular weight excluding hydrogens is 1060 g/mol. The fourth-order valence-corrected chi connectivity index (χ4v) is 8.31. The van der Waals surface area contributed by atoms with Gasteiger partial charge in [-0.2, -0.15) is 5.26 Å². The van der Waals surface area contributed by atoms with E-state index in [0.29, 0.717) is 117 Å². The number of benzene rings is 1. The smallest absolute Gasteiger partial charge is 0.326 e. The number of nitriles is 1. The third-order valence-electron chi connectivity index (χ3n) is 12.9. The van der Waals surface area contributed by atoms with Gasteiger partial charge in [-0.05, 0) is 81.3 Å². The van der Waals surface area contributed by atoms with Crippen LogP contribution in [0.1, 0.15) is 115 Å². The highest BCUT2D eigenvalue weighted by atomic mass is 16.6. The van der Waals surface area contributed by atoms with E-state index in [1.807, 2.05) is 45.6 Å². The summed E-state index contributed by atoms with van der Waals surface area (Å²) in [6, 6.07) is 17.8. The van der Waals surface area contributed by atoms with Crippen LogP contribution in [0.15, 0.2) is 91.6 Å². The quantitative estimate of drug-likeness (QED) is 0.0297. The normalized spacial score (nSPS) is 13.0. The number of aromatic nitrogens is 8. The lowest BCUT2D eigenvalue weighted by Gasteiger charge is -2.32. The number of ketones is 2. The first kappa shape index (κ1) is 61.0. The number of rotatable bonds is 33. The number of aliphatic carboxylic acids is 1. The number of carbonyl (C=O) groups excluding carboxylic acids is 4. The van der Waals surface area contributed by atoms with Gasteiger partial charge >= 0.3 is 5.97 Å². The van der Waals surface area contributed by atoms with E-state index in [-0.39, 0.29) is 85.2 Å². The molecule has 5 aromatic heterocycles. The number of unbranched alkanes of at least 4 members (excludes halogenated alkanes) is 1. The number of nitrogens with zero attached hydrogens (tertiary/aromatic N) is 10. The molecule has 1 aromatic carbocycles. The number of hydrogen-bond acceptors (Lipinski definition) is 20. The largest absolute Gasteiger partial charge is 0.484 e. The Hall–Kier alpha value is -8.63. The summed E-state index contributed by atoms with van der Waals surface area (Å²) in [7, 11) is 0. The molecule has 2 amide bonds. The van der Waals surface area contributed by atoms with Gasteiger partial charge in [0, 0.05) is 74.1 Å². The summed E-state index contributed by atoms with van der Waals surface area (Å²) < 4.78 is 35.5. The average molecular weight is 1130 g/mol. The number of anilines is 1. The zero-order valence-corrected chi connectivity index (χ0v) is 46.7. The van der Waals surface area contributed by atoms with Crippen molar-refractivity contribution in [2.24, 2.45) is 5.41 Å². The molecule has 0 spiro atoms. The predicted molar refractivity (Wildman–Crippen MR) is 296 cm³/mol. The van der Waals surface area contributed by atoms with Gasteiger partial charge in [-0.15, -0.1) is 5.10 Å². The van der Waals surface area contributed by atoms with E-state index in [1.54, 1.807) is 71.9 Å². The molecule has 0 saturated heterocycles. The van der Waals surface area contributed by atoms with Gasteiger partial charge in [0.25, 0.3) is 11.8 Å². The number of Topliss-reactive ketones (excluding diaryl/α,β-unsaturated/α-hetero) is 2. The van der Waals surface area contributed by atoms with E-state index < -0.39 is 23.5 Å². The van der Waals surface area contributed by atoms with Crippen molar-refractivity contribution in [2.75, 3.05) is 64.3 Å². The zero-order chi connectivity index (χ0) is 58.5. The van der Waals surface area contributed by atoms with Crippen LogP contribution in [-0.4, -0.2) is 145 Å². The van der Waals surface area contributed by atoms with Crippen LogP contribution in [0.2, 0.25) is 0 Å². The van der Waals surface area contributed by atoms with Crippen molar-refractivity contribution < 1.29 is 57.5 Å². The molecular formula is C58H68N12O12. The Morgan fingerprint density at radius 1 is 0.841 bits per heavy atom. The molecule has 1 atom stereocenters. The summed E-state index contributed by atoms with van der Waals surface area (Å²) in [5.41, 5.74) is 2.48. The van der Waals surface area contributed by atoms with E-state index in [9.17, 15) is 34.3 Å². The van der Waals surface area contributed by atoms with Crippen molar-refractivity contribution >= 4 is 35.2 Å². The number of nitrogens with one attached hydrogen (secondary N) is 2. The summed E-state index contributed by atoms with van der Waals surface area (Å²) in [5, 5.41) is 32.8. The van der Waals surface area contributed by atoms with Gasteiger partial charge < -0.3 is 49.1 Å². The highest BCUT2D eigenvalue weighted by Gasteiger charge is 2.45. The highest BCUT2D eigenvalue weighted by Crippen LogP contribution is 2.40. The Balaban J connectivity index is 0.674. The van der Waals surface area contributed by atoms with Crippen molar-refractivity contribution in [2.45, 2.75) is 98.0 Å². The maximum atomic E-state index is 13.4. The molecule has 0 unspecified atom stereocenters. The van der Waals surface area contributed by atoms with Crippen molar-refractivity contribution in [3.8, 4) is 34.7 Å². The number of carbonyl (C=O) groups is 5. The van der Waals surface area contributed by atoms with Gasteiger partial charge in [-0.25, -0.2) is 29.7 Å². The second-order valence-electron chi connectivity index (χ2n) is 20.8. The molecule has 1 aliphatic heterocycles.